The van der Waals surface area contributed by atoms with Crippen LogP contribution < -0.4 is 10.5 Å². The molecular formula is C14H13ClFNO. The smallest absolute Gasteiger partial charge is 0.131 e. The number of hydrogen-bond acceptors (Lipinski definition) is 2. The van der Waals surface area contributed by atoms with E-state index in [0.29, 0.717) is 22.0 Å². The molecule has 0 radical (unpaired) electrons. The summed E-state index contributed by atoms with van der Waals surface area (Å²) in [5, 5.41) is 0.591. The van der Waals surface area contributed by atoms with Crippen molar-refractivity contribution in [1.29, 1.82) is 0 Å². The number of nitrogens with two attached hydrogens (primary N) is 1. The van der Waals surface area contributed by atoms with E-state index in [9.17, 15) is 4.39 Å². The summed E-state index contributed by atoms with van der Waals surface area (Å²) < 4.78 is 19.1. The van der Waals surface area contributed by atoms with Crippen molar-refractivity contribution in [2.75, 3.05) is 5.73 Å². The second-order valence-electron chi connectivity index (χ2n) is 4.05. The monoisotopic (exact) mass is 265 g/mol. The summed E-state index contributed by atoms with van der Waals surface area (Å²) in [6.07, 6.45) is 0. The van der Waals surface area contributed by atoms with Gasteiger partial charge in [0.15, 0.2) is 0 Å². The van der Waals surface area contributed by atoms with Gasteiger partial charge in [-0.25, -0.2) is 4.39 Å². The number of anilines is 1. The molecule has 0 fully saturated rings. The summed E-state index contributed by atoms with van der Waals surface area (Å²) >= 11 is 5.88. The minimum atomic E-state index is -0.366. The molecule has 0 aromatic heterocycles. The molecule has 0 bridgehead atoms. The Morgan fingerprint density at radius 3 is 2.72 bits per heavy atom. The maximum atomic E-state index is 13.5. The van der Waals surface area contributed by atoms with Crippen LogP contribution in [-0.4, -0.2) is 0 Å². The zero-order chi connectivity index (χ0) is 13.1. The van der Waals surface area contributed by atoms with Gasteiger partial charge in [0.05, 0.1) is 0 Å². The highest BCUT2D eigenvalue weighted by Crippen LogP contribution is 2.24. The standard InChI is InChI=1S/C14H13ClFNO/c1-9-2-4-11(15)6-14(9)18-8-10-3-5-12(17)7-13(10)16/h2-7H,8,17H2,1H3. The van der Waals surface area contributed by atoms with E-state index in [1.807, 2.05) is 13.0 Å². The van der Waals surface area contributed by atoms with Gasteiger partial charge in [0.1, 0.15) is 18.2 Å². The fourth-order valence-corrected chi connectivity index (χ4v) is 1.73. The highest BCUT2D eigenvalue weighted by molar-refractivity contribution is 6.30. The number of rotatable bonds is 3. The lowest BCUT2D eigenvalue weighted by atomic mass is 10.2. The zero-order valence-electron chi connectivity index (χ0n) is 9.91. The Kier molecular flexibility index (Phi) is 3.72. The Labute approximate surface area is 110 Å². The first-order valence-corrected chi connectivity index (χ1v) is 5.87. The average molecular weight is 266 g/mol. The summed E-state index contributed by atoms with van der Waals surface area (Å²) in [5.74, 6) is 0.286. The summed E-state index contributed by atoms with van der Waals surface area (Å²) in [5.41, 5.74) is 7.29. The van der Waals surface area contributed by atoms with E-state index in [-0.39, 0.29) is 12.4 Å². The molecule has 0 aliphatic heterocycles. The quantitative estimate of drug-likeness (QED) is 0.853. The number of hydrogen-bond donors (Lipinski definition) is 1. The second-order valence-corrected chi connectivity index (χ2v) is 4.49. The summed E-state index contributed by atoms with van der Waals surface area (Å²) in [7, 11) is 0. The van der Waals surface area contributed by atoms with Crippen LogP contribution in [0.25, 0.3) is 0 Å². The maximum absolute atomic E-state index is 13.5. The maximum Gasteiger partial charge on any atom is 0.131 e. The molecule has 0 aliphatic carbocycles. The summed E-state index contributed by atoms with van der Waals surface area (Å²) in [6.45, 7) is 2.05. The number of aryl methyl sites for hydroxylation is 1. The molecular weight excluding hydrogens is 253 g/mol. The third kappa shape index (κ3) is 2.93. The predicted octanol–water partition coefficient (Wildman–Crippen LogP) is 3.95. The Morgan fingerprint density at radius 1 is 1.22 bits per heavy atom. The first-order valence-electron chi connectivity index (χ1n) is 5.49. The van der Waals surface area contributed by atoms with Crippen LogP contribution in [0, 0.1) is 12.7 Å². The van der Waals surface area contributed by atoms with Gasteiger partial charge < -0.3 is 10.5 Å². The lowest BCUT2D eigenvalue weighted by Gasteiger charge is -2.10. The molecule has 4 heteroatoms. The molecule has 2 rings (SSSR count). The van der Waals surface area contributed by atoms with E-state index in [1.165, 1.54) is 6.07 Å². The van der Waals surface area contributed by atoms with Crippen LogP contribution in [0.4, 0.5) is 10.1 Å². The average Bonchev–Trinajstić information content (AvgIpc) is 2.32. The molecule has 0 atom stereocenters. The third-order valence-electron chi connectivity index (χ3n) is 2.61. The van der Waals surface area contributed by atoms with E-state index in [1.54, 1.807) is 24.3 Å². The fraction of sp³-hybridized carbons (Fsp3) is 0.143. The minimum Gasteiger partial charge on any atom is -0.488 e. The Bertz CT molecular complexity index is 572. The van der Waals surface area contributed by atoms with Gasteiger partial charge >= 0.3 is 0 Å². The molecule has 0 spiro atoms. The van der Waals surface area contributed by atoms with E-state index in [4.69, 9.17) is 22.1 Å². The topological polar surface area (TPSA) is 35.2 Å². The van der Waals surface area contributed by atoms with Crippen molar-refractivity contribution in [3.63, 3.8) is 0 Å². The lowest BCUT2D eigenvalue weighted by molar-refractivity contribution is 0.298. The van der Waals surface area contributed by atoms with Crippen molar-refractivity contribution in [2.45, 2.75) is 13.5 Å². The van der Waals surface area contributed by atoms with Crippen molar-refractivity contribution in [3.8, 4) is 5.75 Å². The minimum absolute atomic E-state index is 0.146. The van der Waals surface area contributed by atoms with Crippen molar-refractivity contribution in [1.82, 2.24) is 0 Å². The van der Waals surface area contributed by atoms with Crippen molar-refractivity contribution >= 4 is 17.3 Å². The SMILES string of the molecule is Cc1ccc(Cl)cc1OCc1ccc(N)cc1F. The molecule has 2 aromatic rings. The normalized spacial score (nSPS) is 10.4. The van der Waals surface area contributed by atoms with Gasteiger partial charge in [0.2, 0.25) is 0 Å². The second kappa shape index (κ2) is 5.27. The van der Waals surface area contributed by atoms with Gasteiger partial charge in [-0.1, -0.05) is 23.7 Å². The van der Waals surface area contributed by atoms with Crippen LogP contribution >= 0.6 is 11.6 Å². The first kappa shape index (κ1) is 12.7. The van der Waals surface area contributed by atoms with E-state index in [2.05, 4.69) is 0 Å². The van der Waals surface area contributed by atoms with Crippen molar-refractivity contribution < 1.29 is 9.13 Å². The number of nitrogen functional groups attached to an aromatic ring is 1. The van der Waals surface area contributed by atoms with Gasteiger partial charge in [-0.05, 0) is 36.8 Å². The zero-order valence-corrected chi connectivity index (χ0v) is 10.7. The Balaban J connectivity index is 2.13. The molecule has 18 heavy (non-hydrogen) atoms. The van der Waals surface area contributed by atoms with Crippen LogP contribution in [0.2, 0.25) is 5.02 Å². The van der Waals surface area contributed by atoms with Crippen LogP contribution in [-0.2, 0) is 6.61 Å². The molecule has 0 saturated carbocycles. The predicted molar refractivity (Wildman–Crippen MR) is 71.3 cm³/mol. The molecule has 0 unspecified atom stereocenters. The van der Waals surface area contributed by atoms with Crippen LogP contribution in [0.1, 0.15) is 11.1 Å². The molecule has 0 heterocycles. The highest BCUT2D eigenvalue weighted by Gasteiger charge is 2.05. The fourth-order valence-electron chi connectivity index (χ4n) is 1.57. The molecule has 2 N–H and O–H groups in total. The van der Waals surface area contributed by atoms with Gasteiger partial charge in [0, 0.05) is 16.3 Å². The molecule has 2 aromatic carbocycles. The van der Waals surface area contributed by atoms with Gasteiger partial charge in [-0.2, -0.15) is 0 Å². The van der Waals surface area contributed by atoms with Gasteiger partial charge in [-0.15, -0.1) is 0 Å². The molecule has 2 nitrogen and oxygen atoms in total. The largest absolute Gasteiger partial charge is 0.488 e. The van der Waals surface area contributed by atoms with E-state index in [0.717, 1.165) is 5.56 Å². The number of ether oxygens (including phenoxy) is 1. The van der Waals surface area contributed by atoms with Gasteiger partial charge in [0.25, 0.3) is 0 Å². The first-order chi connectivity index (χ1) is 8.56. The van der Waals surface area contributed by atoms with Crippen LogP contribution in [0.15, 0.2) is 36.4 Å². The summed E-state index contributed by atoms with van der Waals surface area (Å²) in [6, 6.07) is 9.90. The lowest BCUT2D eigenvalue weighted by Crippen LogP contribution is -2.00. The summed E-state index contributed by atoms with van der Waals surface area (Å²) in [4.78, 5) is 0. The molecule has 0 aliphatic rings. The molecule has 94 valence electrons. The molecule has 0 amide bonds. The van der Waals surface area contributed by atoms with E-state index >= 15 is 0 Å². The Hall–Kier alpha value is -1.74. The highest BCUT2D eigenvalue weighted by atomic mass is 35.5. The number of halogens is 2. The van der Waals surface area contributed by atoms with E-state index < -0.39 is 0 Å². The van der Waals surface area contributed by atoms with Crippen molar-refractivity contribution in [3.05, 3.63) is 58.4 Å². The third-order valence-corrected chi connectivity index (χ3v) is 2.85. The van der Waals surface area contributed by atoms with Crippen LogP contribution in [0.5, 0.6) is 5.75 Å². The molecule has 0 saturated heterocycles. The number of benzene rings is 2. The Morgan fingerprint density at radius 2 is 2.00 bits per heavy atom. The van der Waals surface area contributed by atoms with Gasteiger partial charge in [-0.3, -0.25) is 0 Å². The van der Waals surface area contributed by atoms with Crippen LogP contribution in [0.3, 0.4) is 0 Å². The van der Waals surface area contributed by atoms with Crippen molar-refractivity contribution in [2.24, 2.45) is 0 Å².